The number of ether oxygens (including phenoxy) is 1. The fourth-order valence-electron chi connectivity index (χ4n) is 1.20. The van der Waals surface area contributed by atoms with Crippen LogP contribution in [0.2, 0.25) is 0 Å². The van der Waals surface area contributed by atoms with Crippen LogP contribution in [-0.4, -0.2) is 21.0 Å². The third kappa shape index (κ3) is 3.02. The molecule has 0 atom stereocenters. The predicted octanol–water partition coefficient (Wildman–Crippen LogP) is 3.01. The van der Waals surface area contributed by atoms with Crippen molar-refractivity contribution in [2.45, 2.75) is 0 Å². The molecule has 1 aromatic heterocycles. The topological polar surface area (TPSA) is 72.3 Å². The molecule has 19 heavy (non-hydrogen) atoms. The van der Waals surface area contributed by atoms with Gasteiger partial charge in [-0.1, -0.05) is 15.9 Å². The Bertz CT molecular complexity index is 635. The number of rotatable bonds is 3. The second-order valence-corrected chi connectivity index (χ2v) is 4.26. The highest BCUT2D eigenvalue weighted by Crippen LogP contribution is 2.28. The summed E-state index contributed by atoms with van der Waals surface area (Å²) in [7, 11) is 0. The van der Waals surface area contributed by atoms with E-state index in [1.54, 1.807) is 0 Å². The van der Waals surface area contributed by atoms with Gasteiger partial charge in [-0.05, 0) is 12.1 Å². The van der Waals surface area contributed by atoms with Gasteiger partial charge in [0, 0.05) is 4.47 Å². The van der Waals surface area contributed by atoms with Crippen molar-refractivity contribution in [1.82, 2.24) is 9.97 Å². The van der Waals surface area contributed by atoms with Gasteiger partial charge in [-0.25, -0.2) is 19.2 Å². The highest BCUT2D eigenvalue weighted by Gasteiger charge is 2.13. The molecule has 0 amide bonds. The van der Waals surface area contributed by atoms with Crippen LogP contribution in [0.3, 0.4) is 0 Å². The van der Waals surface area contributed by atoms with E-state index in [0.29, 0.717) is 0 Å². The van der Waals surface area contributed by atoms with Crippen LogP contribution in [0.1, 0.15) is 10.5 Å². The summed E-state index contributed by atoms with van der Waals surface area (Å²) in [6.45, 7) is 0. The first kappa shape index (κ1) is 13.3. The first-order chi connectivity index (χ1) is 8.97. The zero-order valence-corrected chi connectivity index (χ0v) is 10.7. The Morgan fingerprint density at radius 1 is 1.26 bits per heavy atom. The predicted molar refractivity (Wildman–Crippen MR) is 63.1 cm³/mol. The molecule has 0 saturated heterocycles. The highest BCUT2D eigenvalue weighted by atomic mass is 79.9. The van der Waals surface area contributed by atoms with E-state index < -0.39 is 17.6 Å². The molecule has 1 heterocycles. The molecule has 8 heteroatoms. The van der Waals surface area contributed by atoms with Gasteiger partial charge in [0.05, 0.1) is 12.4 Å². The Morgan fingerprint density at radius 3 is 2.58 bits per heavy atom. The fourth-order valence-corrected chi connectivity index (χ4v) is 1.61. The third-order valence-electron chi connectivity index (χ3n) is 2.02. The summed E-state index contributed by atoms with van der Waals surface area (Å²) in [5, 5.41) is 8.62. The normalized spacial score (nSPS) is 10.3. The van der Waals surface area contributed by atoms with Gasteiger partial charge >= 0.3 is 5.97 Å². The first-order valence-corrected chi connectivity index (χ1v) is 5.64. The number of benzene rings is 1. The minimum absolute atomic E-state index is 0.151. The van der Waals surface area contributed by atoms with Crippen molar-refractivity contribution < 1.29 is 23.4 Å². The third-order valence-corrected chi connectivity index (χ3v) is 2.48. The van der Waals surface area contributed by atoms with Crippen molar-refractivity contribution in [3.8, 4) is 11.6 Å². The minimum atomic E-state index is -1.25. The van der Waals surface area contributed by atoms with Crippen molar-refractivity contribution in [3.05, 3.63) is 46.3 Å². The van der Waals surface area contributed by atoms with Crippen LogP contribution >= 0.6 is 15.9 Å². The summed E-state index contributed by atoms with van der Waals surface area (Å²) >= 11 is 2.99. The van der Waals surface area contributed by atoms with Crippen LogP contribution in [0, 0.1) is 11.6 Å². The molecular formula is C11H5BrF2N2O3. The SMILES string of the molecule is O=C(O)c1cnc(Oc2cc(Br)cc(F)c2F)cn1. The average molecular weight is 331 g/mol. The lowest BCUT2D eigenvalue weighted by Gasteiger charge is -2.06. The van der Waals surface area contributed by atoms with Crippen LogP contribution in [0.4, 0.5) is 8.78 Å². The second kappa shape index (κ2) is 5.27. The van der Waals surface area contributed by atoms with Gasteiger partial charge in [-0.3, -0.25) is 0 Å². The fraction of sp³-hybridized carbons (Fsp3) is 0. The van der Waals surface area contributed by atoms with Gasteiger partial charge < -0.3 is 9.84 Å². The molecule has 5 nitrogen and oxygen atoms in total. The standard InChI is InChI=1S/C11H5BrF2N2O3/c12-5-1-6(13)10(14)8(2-5)19-9-4-15-7(3-16-9)11(17)18/h1-4H,(H,17,18). The number of carboxylic acids is 1. The van der Waals surface area contributed by atoms with Crippen molar-refractivity contribution in [3.63, 3.8) is 0 Å². The molecule has 0 aliphatic carbocycles. The molecule has 2 rings (SSSR count). The molecule has 0 fully saturated rings. The Morgan fingerprint density at radius 2 is 2.00 bits per heavy atom. The Kier molecular flexibility index (Phi) is 3.70. The van der Waals surface area contributed by atoms with E-state index in [4.69, 9.17) is 9.84 Å². The molecule has 0 saturated carbocycles. The van der Waals surface area contributed by atoms with Gasteiger partial charge in [-0.15, -0.1) is 0 Å². The van der Waals surface area contributed by atoms with E-state index in [1.807, 2.05) is 0 Å². The molecule has 1 aromatic carbocycles. The lowest BCUT2D eigenvalue weighted by molar-refractivity contribution is 0.0690. The van der Waals surface area contributed by atoms with Gasteiger partial charge in [0.25, 0.3) is 0 Å². The van der Waals surface area contributed by atoms with Crippen molar-refractivity contribution in [2.75, 3.05) is 0 Å². The van der Waals surface area contributed by atoms with Crippen LogP contribution < -0.4 is 4.74 Å². The number of hydrogen-bond acceptors (Lipinski definition) is 4. The van der Waals surface area contributed by atoms with Crippen LogP contribution in [-0.2, 0) is 0 Å². The summed E-state index contributed by atoms with van der Waals surface area (Å²) < 4.78 is 31.8. The molecule has 2 aromatic rings. The molecule has 0 aliphatic heterocycles. The maximum Gasteiger partial charge on any atom is 0.356 e. The van der Waals surface area contributed by atoms with Gasteiger partial charge in [-0.2, -0.15) is 4.39 Å². The van der Waals surface area contributed by atoms with Crippen molar-refractivity contribution in [2.24, 2.45) is 0 Å². The maximum absolute atomic E-state index is 13.4. The number of aromatic carboxylic acids is 1. The quantitative estimate of drug-likeness (QED) is 0.876. The van der Waals surface area contributed by atoms with E-state index in [9.17, 15) is 13.6 Å². The first-order valence-electron chi connectivity index (χ1n) is 4.85. The van der Waals surface area contributed by atoms with Gasteiger partial charge in [0.1, 0.15) is 0 Å². The van der Waals surface area contributed by atoms with E-state index in [0.717, 1.165) is 18.5 Å². The monoisotopic (exact) mass is 330 g/mol. The number of nitrogens with zero attached hydrogens (tertiary/aromatic N) is 2. The summed E-state index contributed by atoms with van der Waals surface area (Å²) in [5.41, 5.74) is -0.284. The van der Waals surface area contributed by atoms with E-state index in [-0.39, 0.29) is 21.8 Å². The number of aromatic nitrogens is 2. The molecule has 0 aliphatic rings. The lowest BCUT2D eigenvalue weighted by Crippen LogP contribution is -2.01. The zero-order chi connectivity index (χ0) is 14.0. The molecular weight excluding hydrogens is 326 g/mol. The van der Waals surface area contributed by atoms with Gasteiger partial charge in [0.15, 0.2) is 17.3 Å². The Labute approximate surface area is 114 Å². The molecule has 0 unspecified atom stereocenters. The van der Waals surface area contributed by atoms with Crippen LogP contribution in [0.25, 0.3) is 0 Å². The van der Waals surface area contributed by atoms with E-state index in [2.05, 4.69) is 25.9 Å². The number of carbonyl (C=O) groups is 1. The smallest absolute Gasteiger partial charge is 0.356 e. The van der Waals surface area contributed by atoms with Crippen molar-refractivity contribution >= 4 is 21.9 Å². The average Bonchev–Trinajstić information content (AvgIpc) is 2.36. The van der Waals surface area contributed by atoms with E-state index >= 15 is 0 Å². The summed E-state index contributed by atoms with van der Waals surface area (Å²) in [4.78, 5) is 17.7. The molecule has 1 N–H and O–H groups in total. The summed E-state index contributed by atoms with van der Waals surface area (Å²) in [5.74, 6) is -4.05. The van der Waals surface area contributed by atoms with Crippen molar-refractivity contribution in [1.29, 1.82) is 0 Å². The van der Waals surface area contributed by atoms with E-state index in [1.165, 1.54) is 6.07 Å². The molecule has 0 bridgehead atoms. The van der Waals surface area contributed by atoms with Crippen LogP contribution in [0.15, 0.2) is 29.0 Å². The minimum Gasteiger partial charge on any atom is -0.476 e. The number of carboxylic acid groups (broad SMARTS) is 1. The van der Waals surface area contributed by atoms with Gasteiger partial charge in [0.2, 0.25) is 11.7 Å². The van der Waals surface area contributed by atoms with Crippen LogP contribution in [0.5, 0.6) is 11.6 Å². The molecule has 0 radical (unpaired) electrons. The Hall–Kier alpha value is -2.09. The highest BCUT2D eigenvalue weighted by molar-refractivity contribution is 9.10. The lowest BCUT2D eigenvalue weighted by atomic mass is 10.3. The maximum atomic E-state index is 13.4. The summed E-state index contributed by atoms with van der Waals surface area (Å²) in [6.07, 6.45) is 1.95. The Balaban J connectivity index is 2.28. The largest absolute Gasteiger partial charge is 0.476 e. The molecule has 98 valence electrons. The molecule has 0 spiro atoms. The number of hydrogen-bond donors (Lipinski definition) is 1. The zero-order valence-electron chi connectivity index (χ0n) is 9.10. The summed E-state index contributed by atoms with van der Waals surface area (Å²) in [6, 6.07) is 2.16. The second-order valence-electron chi connectivity index (χ2n) is 3.35. The number of halogens is 3.